The normalized spacial score (nSPS) is 11.0. The van der Waals surface area contributed by atoms with Gasteiger partial charge in [0, 0.05) is 26.3 Å². The second-order valence-corrected chi connectivity index (χ2v) is 6.61. The third kappa shape index (κ3) is 4.34. The lowest BCUT2D eigenvalue weighted by molar-refractivity contribution is 0.575. The molecule has 2 aromatic rings. The summed E-state index contributed by atoms with van der Waals surface area (Å²) in [5.41, 5.74) is 8.07. The molecule has 0 bridgehead atoms. The fourth-order valence-corrected chi connectivity index (χ4v) is 3.10. The highest BCUT2D eigenvalue weighted by molar-refractivity contribution is 7.98. The summed E-state index contributed by atoms with van der Waals surface area (Å²) in [4.78, 5) is 19.3. The van der Waals surface area contributed by atoms with Crippen molar-refractivity contribution in [3.05, 3.63) is 17.2 Å². The van der Waals surface area contributed by atoms with E-state index in [0.29, 0.717) is 17.5 Å². The van der Waals surface area contributed by atoms with Gasteiger partial charge in [-0.15, -0.1) is 0 Å². The van der Waals surface area contributed by atoms with Crippen LogP contribution in [0.25, 0.3) is 0 Å². The quantitative estimate of drug-likeness (QED) is 0.778. The van der Waals surface area contributed by atoms with Gasteiger partial charge in [0.05, 0.1) is 11.4 Å². The Kier molecular flexibility index (Phi) is 5.81. The molecule has 0 saturated heterocycles. The Morgan fingerprint density at radius 3 is 2.52 bits per heavy atom. The lowest BCUT2D eigenvalue weighted by atomic mass is 10.3. The second-order valence-electron chi connectivity index (χ2n) is 5.66. The van der Waals surface area contributed by atoms with Crippen LogP contribution in [-0.2, 0) is 12.3 Å². The van der Waals surface area contributed by atoms with Crippen LogP contribution in [0.3, 0.4) is 0 Å². The van der Waals surface area contributed by atoms with Crippen LogP contribution in [0.15, 0.2) is 5.16 Å². The van der Waals surface area contributed by atoms with Crippen LogP contribution < -0.4 is 10.6 Å². The van der Waals surface area contributed by atoms with Gasteiger partial charge in [0.1, 0.15) is 5.82 Å². The molecule has 2 rings (SSSR count). The molecule has 0 aromatic carbocycles. The first-order valence-corrected chi connectivity index (χ1v) is 8.75. The number of nitrogen functional groups attached to an aromatic ring is 1. The summed E-state index contributed by atoms with van der Waals surface area (Å²) >= 11 is 1.64. The third-order valence-electron chi connectivity index (χ3n) is 3.58. The molecule has 0 saturated carbocycles. The number of rotatable bonds is 7. The zero-order chi connectivity index (χ0) is 17.0. The maximum Gasteiger partial charge on any atom is 0.229 e. The summed E-state index contributed by atoms with van der Waals surface area (Å²) in [7, 11) is 3.77. The highest BCUT2D eigenvalue weighted by Crippen LogP contribution is 2.24. The van der Waals surface area contributed by atoms with E-state index in [4.69, 9.17) is 5.73 Å². The summed E-state index contributed by atoms with van der Waals surface area (Å²) in [5, 5.41) is 1.01. The predicted molar refractivity (Wildman–Crippen MR) is 94.7 cm³/mol. The monoisotopic (exact) mass is 335 g/mol. The lowest BCUT2D eigenvalue weighted by Gasteiger charge is -2.12. The Bertz CT molecular complexity index is 666. The van der Waals surface area contributed by atoms with Gasteiger partial charge in [0.25, 0.3) is 0 Å². The molecule has 8 heteroatoms. The van der Waals surface area contributed by atoms with Crippen LogP contribution in [0.2, 0.25) is 0 Å². The molecular formula is C15H25N7S. The van der Waals surface area contributed by atoms with E-state index in [-0.39, 0.29) is 5.95 Å². The van der Waals surface area contributed by atoms with Gasteiger partial charge in [-0.25, -0.2) is 4.98 Å². The molecule has 0 spiro atoms. The van der Waals surface area contributed by atoms with E-state index < -0.39 is 0 Å². The summed E-state index contributed by atoms with van der Waals surface area (Å²) in [5.74, 6) is 2.12. The molecule has 2 N–H and O–H groups in total. The van der Waals surface area contributed by atoms with Crippen molar-refractivity contribution in [2.24, 2.45) is 0 Å². The fourth-order valence-electron chi connectivity index (χ4n) is 2.13. The molecular weight excluding hydrogens is 310 g/mol. The highest BCUT2D eigenvalue weighted by Gasteiger charge is 2.13. The van der Waals surface area contributed by atoms with Gasteiger partial charge in [-0.05, 0) is 20.3 Å². The largest absolute Gasteiger partial charge is 0.368 e. The van der Waals surface area contributed by atoms with Gasteiger partial charge in [0.15, 0.2) is 5.16 Å². The first kappa shape index (κ1) is 17.5. The van der Waals surface area contributed by atoms with Crippen molar-refractivity contribution in [1.82, 2.24) is 24.5 Å². The molecule has 0 aliphatic heterocycles. The molecule has 0 atom stereocenters. The molecule has 0 unspecified atom stereocenters. The molecule has 2 aromatic heterocycles. The van der Waals surface area contributed by atoms with Crippen molar-refractivity contribution in [2.75, 3.05) is 24.7 Å². The minimum Gasteiger partial charge on any atom is -0.368 e. The Morgan fingerprint density at radius 1 is 1.13 bits per heavy atom. The van der Waals surface area contributed by atoms with Gasteiger partial charge in [-0.1, -0.05) is 25.1 Å². The first-order chi connectivity index (χ1) is 10.9. The standard InChI is InChI=1S/C15H25N7S/c1-6-7-8-22-11(3)10(2)17-15(22)23-9-12-18-13(16)20-14(19-12)21(4)5/h6-9H2,1-5H3,(H2,16,18,19,20). The molecule has 2 heterocycles. The number of aryl methyl sites for hydroxylation is 1. The van der Waals surface area contributed by atoms with Gasteiger partial charge in [-0.3, -0.25) is 0 Å². The first-order valence-electron chi connectivity index (χ1n) is 7.76. The molecule has 23 heavy (non-hydrogen) atoms. The van der Waals surface area contributed by atoms with Crippen molar-refractivity contribution in [3.63, 3.8) is 0 Å². The molecule has 7 nitrogen and oxygen atoms in total. The van der Waals surface area contributed by atoms with Crippen molar-refractivity contribution >= 4 is 23.7 Å². The summed E-state index contributed by atoms with van der Waals surface area (Å²) in [6, 6.07) is 0. The number of nitrogens with zero attached hydrogens (tertiary/aromatic N) is 6. The van der Waals surface area contributed by atoms with Crippen LogP contribution in [0, 0.1) is 13.8 Å². The number of unbranched alkanes of at least 4 members (excludes halogenated alkanes) is 1. The molecule has 126 valence electrons. The Labute approximate surface area is 141 Å². The Balaban J connectivity index is 2.16. The Hall–Kier alpha value is -1.83. The summed E-state index contributed by atoms with van der Waals surface area (Å²) in [6.45, 7) is 7.36. The third-order valence-corrected chi connectivity index (χ3v) is 4.55. The van der Waals surface area contributed by atoms with Crippen LogP contribution in [0.4, 0.5) is 11.9 Å². The number of hydrogen-bond donors (Lipinski definition) is 1. The van der Waals surface area contributed by atoms with Crippen molar-refractivity contribution < 1.29 is 0 Å². The van der Waals surface area contributed by atoms with Crippen LogP contribution in [0.1, 0.15) is 37.0 Å². The van der Waals surface area contributed by atoms with E-state index in [0.717, 1.165) is 30.2 Å². The van der Waals surface area contributed by atoms with Gasteiger partial charge < -0.3 is 15.2 Å². The predicted octanol–water partition coefficient (Wildman–Crippen LogP) is 2.43. The average molecular weight is 335 g/mol. The van der Waals surface area contributed by atoms with Crippen LogP contribution in [0.5, 0.6) is 0 Å². The SMILES string of the molecule is CCCCn1c(SCc2nc(N)nc(N(C)C)n2)nc(C)c1C. The zero-order valence-electron chi connectivity index (χ0n) is 14.5. The topological polar surface area (TPSA) is 85.8 Å². The number of hydrogen-bond acceptors (Lipinski definition) is 7. The number of imidazole rings is 1. The lowest BCUT2D eigenvalue weighted by Crippen LogP contribution is -2.16. The van der Waals surface area contributed by atoms with Crippen LogP contribution >= 0.6 is 11.8 Å². The minimum atomic E-state index is 0.251. The van der Waals surface area contributed by atoms with Crippen molar-refractivity contribution in [3.8, 4) is 0 Å². The summed E-state index contributed by atoms with van der Waals surface area (Å²) < 4.78 is 2.28. The van der Waals surface area contributed by atoms with Gasteiger partial charge in [0.2, 0.25) is 11.9 Å². The maximum absolute atomic E-state index is 5.77. The van der Waals surface area contributed by atoms with E-state index in [1.165, 1.54) is 5.69 Å². The van der Waals surface area contributed by atoms with Crippen molar-refractivity contribution in [1.29, 1.82) is 0 Å². The Morgan fingerprint density at radius 2 is 1.87 bits per heavy atom. The van der Waals surface area contributed by atoms with Gasteiger partial charge >= 0.3 is 0 Å². The maximum atomic E-state index is 5.77. The van der Waals surface area contributed by atoms with Crippen LogP contribution in [-0.4, -0.2) is 38.6 Å². The molecule has 0 fully saturated rings. The van der Waals surface area contributed by atoms with E-state index in [1.807, 2.05) is 25.9 Å². The van der Waals surface area contributed by atoms with E-state index in [1.54, 1.807) is 11.8 Å². The second kappa shape index (κ2) is 7.63. The van der Waals surface area contributed by atoms with E-state index >= 15 is 0 Å². The highest BCUT2D eigenvalue weighted by atomic mass is 32.2. The fraction of sp³-hybridized carbons (Fsp3) is 0.600. The number of nitrogens with two attached hydrogens (primary N) is 1. The minimum absolute atomic E-state index is 0.251. The molecule has 0 aliphatic carbocycles. The van der Waals surface area contributed by atoms with E-state index in [2.05, 4.69) is 38.4 Å². The molecule has 0 radical (unpaired) electrons. The number of anilines is 2. The molecule has 0 amide bonds. The van der Waals surface area contributed by atoms with E-state index in [9.17, 15) is 0 Å². The van der Waals surface area contributed by atoms with Gasteiger partial charge in [-0.2, -0.15) is 15.0 Å². The number of thioether (sulfide) groups is 1. The number of aromatic nitrogens is 5. The van der Waals surface area contributed by atoms with Crippen molar-refractivity contribution in [2.45, 2.75) is 51.1 Å². The zero-order valence-corrected chi connectivity index (χ0v) is 15.3. The summed E-state index contributed by atoms with van der Waals surface area (Å²) in [6.07, 6.45) is 2.31. The molecule has 0 aliphatic rings. The average Bonchev–Trinajstić information content (AvgIpc) is 2.77. The smallest absolute Gasteiger partial charge is 0.229 e.